The van der Waals surface area contributed by atoms with E-state index in [-0.39, 0.29) is 5.91 Å². The number of ether oxygens (including phenoxy) is 2. The molecule has 0 fully saturated rings. The Morgan fingerprint density at radius 3 is 2.75 bits per heavy atom. The number of methoxy groups -OCH3 is 1. The van der Waals surface area contributed by atoms with Crippen LogP contribution >= 0.6 is 0 Å². The van der Waals surface area contributed by atoms with Gasteiger partial charge in [-0.2, -0.15) is 0 Å². The Labute approximate surface area is 120 Å². The zero-order valence-electron chi connectivity index (χ0n) is 12.3. The van der Waals surface area contributed by atoms with E-state index < -0.39 is 0 Å². The van der Waals surface area contributed by atoms with Gasteiger partial charge in [-0.3, -0.25) is 4.79 Å². The summed E-state index contributed by atoms with van der Waals surface area (Å²) in [5.74, 6) is 0.503. The maximum atomic E-state index is 12.0. The Bertz CT molecular complexity index is 422. The number of anilines is 1. The molecule has 0 aliphatic rings. The number of amides is 1. The van der Waals surface area contributed by atoms with Crippen LogP contribution < -0.4 is 15.8 Å². The molecule has 3 N–H and O–H groups in total. The molecule has 1 rings (SSSR count). The van der Waals surface area contributed by atoms with Crippen molar-refractivity contribution in [3.8, 4) is 5.75 Å². The number of benzene rings is 1. The quantitative estimate of drug-likeness (QED) is 0.537. The van der Waals surface area contributed by atoms with Crippen LogP contribution in [0, 0.1) is 0 Å². The standard InChI is InChI=1S/C15H24N2O3/c1-3-20-14-10-12(9-13(16)11-14)15(18)17-7-5-4-6-8-19-2/h9-11H,3-8,16H2,1-2H3,(H,17,18). The van der Waals surface area contributed by atoms with Gasteiger partial charge in [-0.1, -0.05) is 0 Å². The number of nitrogen functional groups attached to an aromatic ring is 1. The van der Waals surface area contributed by atoms with Crippen LogP contribution in [0.3, 0.4) is 0 Å². The lowest BCUT2D eigenvalue weighted by Crippen LogP contribution is -2.24. The SMILES string of the molecule is CCOc1cc(N)cc(C(=O)NCCCCCOC)c1. The molecule has 0 atom stereocenters. The van der Waals surface area contributed by atoms with Crippen molar-refractivity contribution in [2.24, 2.45) is 0 Å². The highest BCUT2D eigenvalue weighted by Gasteiger charge is 2.08. The molecule has 0 aliphatic carbocycles. The van der Waals surface area contributed by atoms with E-state index in [9.17, 15) is 4.79 Å². The summed E-state index contributed by atoms with van der Waals surface area (Å²) in [6.45, 7) is 3.86. The summed E-state index contributed by atoms with van der Waals surface area (Å²) in [7, 11) is 1.69. The van der Waals surface area contributed by atoms with Crippen LogP contribution in [0.25, 0.3) is 0 Å². The lowest BCUT2D eigenvalue weighted by Gasteiger charge is -2.09. The summed E-state index contributed by atoms with van der Waals surface area (Å²) in [5.41, 5.74) is 6.82. The van der Waals surface area contributed by atoms with Crippen LogP contribution in [0.2, 0.25) is 0 Å². The normalized spacial score (nSPS) is 10.3. The van der Waals surface area contributed by atoms with E-state index >= 15 is 0 Å². The van der Waals surface area contributed by atoms with Gasteiger partial charge in [0.25, 0.3) is 5.91 Å². The second-order valence-corrected chi connectivity index (χ2v) is 4.53. The monoisotopic (exact) mass is 280 g/mol. The second kappa shape index (κ2) is 9.20. The highest BCUT2D eigenvalue weighted by molar-refractivity contribution is 5.95. The Morgan fingerprint density at radius 1 is 1.25 bits per heavy atom. The first-order chi connectivity index (χ1) is 9.67. The molecule has 0 aromatic heterocycles. The minimum atomic E-state index is -0.120. The molecule has 5 heteroatoms. The Morgan fingerprint density at radius 2 is 2.05 bits per heavy atom. The van der Waals surface area contributed by atoms with Crippen LogP contribution in [0.4, 0.5) is 5.69 Å². The second-order valence-electron chi connectivity index (χ2n) is 4.53. The summed E-state index contributed by atoms with van der Waals surface area (Å²) in [5, 5.41) is 2.88. The smallest absolute Gasteiger partial charge is 0.251 e. The highest BCUT2D eigenvalue weighted by Crippen LogP contribution is 2.18. The molecule has 1 aromatic carbocycles. The number of hydrogen-bond donors (Lipinski definition) is 2. The molecule has 1 amide bonds. The molecule has 112 valence electrons. The topological polar surface area (TPSA) is 73.6 Å². The van der Waals surface area contributed by atoms with Gasteiger partial charge >= 0.3 is 0 Å². The fourth-order valence-electron chi connectivity index (χ4n) is 1.86. The van der Waals surface area contributed by atoms with E-state index in [2.05, 4.69) is 5.32 Å². The molecule has 0 heterocycles. The maximum Gasteiger partial charge on any atom is 0.251 e. The third kappa shape index (κ3) is 5.93. The van der Waals surface area contributed by atoms with E-state index in [0.29, 0.717) is 30.2 Å². The Hall–Kier alpha value is -1.75. The van der Waals surface area contributed by atoms with Crippen molar-refractivity contribution in [2.75, 3.05) is 32.6 Å². The zero-order valence-corrected chi connectivity index (χ0v) is 12.3. The Kier molecular flexibility index (Phi) is 7.50. The number of carbonyl (C=O) groups excluding carboxylic acids is 1. The van der Waals surface area contributed by atoms with Gasteiger partial charge in [-0.15, -0.1) is 0 Å². The van der Waals surface area contributed by atoms with Crippen molar-refractivity contribution in [1.82, 2.24) is 5.32 Å². The summed E-state index contributed by atoms with van der Waals surface area (Å²) in [6, 6.07) is 5.08. The van der Waals surface area contributed by atoms with Crippen LogP contribution in [0.5, 0.6) is 5.75 Å². The van der Waals surface area contributed by atoms with E-state index in [1.165, 1.54) is 0 Å². The van der Waals surface area contributed by atoms with Gasteiger partial charge in [0.2, 0.25) is 0 Å². The van der Waals surface area contributed by atoms with Gasteiger partial charge in [0.1, 0.15) is 5.75 Å². The van der Waals surface area contributed by atoms with Gasteiger partial charge in [0.15, 0.2) is 0 Å². The number of rotatable bonds is 9. The predicted molar refractivity (Wildman–Crippen MR) is 80.1 cm³/mol. The third-order valence-electron chi connectivity index (χ3n) is 2.81. The van der Waals surface area contributed by atoms with Gasteiger partial charge in [0, 0.05) is 37.6 Å². The minimum absolute atomic E-state index is 0.120. The van der Waals surface area contributed by atoms with Gasteiger partial charge in [-0.25, -0.2) is 0 Å². The number of hydrogen-bond acceptors (Lipinski definition) is 4. The van der Waals surface area contributed by atoms with Crippen molar-refractivity contribution in [3.63, 3.8) is 0 Å². The molecule has 0 radical (unpaired) electrons. The van der Waals surface area contributed by atoms with Gasteiger partial charge < -0.3 is 20.5 Å². The van der Waals surface area contributed by atoms with Crippen molar-refractivity contribution >= 4 is 11.6 Å². The van der Waals surface area contributed by atoms with Crippen LogP contribution in [0.15, 0.2) is 18.2 Å². The fraction of sp³-hybridized carbons (Fsp3) is 0.533. The molecular formula is C15H24N2O3. The van der Waals surface area contributed by atoms with Crippen molar-refractivity contribution < 1.29 is 14.3 Å². The third-order valence-corrected chi connectivity index (χ3v) is 2.81. The molecule has 0 unspecified atom stereocenters. The molecule has 20 heavy (non-hydrogen) atoms. The number of unbranched alkanes of at least 4 members (excludes halogenated alkanes) is 2. The predicted octanol–water partition coefficient (Wildman–Crippen LogP) is 2.21. The van der Waals surface area contributed by atoms with Gasteiger partial charge in [-0.05, 0) is 38.3 Å². The first kappa shape index (κ1) is 16.3. The molecule has 0 aliphatic heterocycles. The van der Waals surface area contributed by atoms with Crippen molar-refractivity contribution in [3.05, 3.63) is 23.8 Å². The average molecular weight is 280 g/mol. The molecule has 5 nitrogen and oxygen atoms in total. The van der Waals surface area contributed by atoms with Crippen molar-refractivity contribution in [2.45, 2.75) is 26.2 Å². The van der Waals surface area contributed by atoms with Crippen LogP contribution in [0.1, 0.15) is 36.5 Å². The lowest BCUT2D eigenvalue weighted by molar-refractivity contribution is 0.0952. The lowest BCUT2D eigenvalue weighted by atomic mass is 10.1. The Balaban J connectivity index is 2.42. The van der Waals surface area contributed by atoms with E-state index in [0.717, 1.165) is 25.9 Å². The summed E-state index contributed by atoms with van der Waals surface area (Å²) < 4.78 is 10.3. The molecule has 0 saturated carbocycles. The summed E-state index contributed by atoms with van der Waals surface area (Å²) in [4.78, 5) is 12.0. The highest BCUT2D eigenvalue weighted by atomic mass is 16.5. The van der Waals surface area contributed by atoms with Crippen LogP contribution in [-0.4, -0.2) is 32.8 Å². The largest absolute Gasteiger partial charge is 0.494 e. The van der Waals surface area contributed by atoms with E-state index in [1.807, 2.05) is 6.92 Å². The molecule has 1 aromatic rings. The number of carbonyl (C=O) groups is 1. The van der Waals surface area contributed by atoms with E-state index in [1.54, 1.807) is 25.3 Å². The molecule has 0 saturated heterocycles. The summed E-state index contributed by atoms with van der Waals surface area (Å²) in [6.07, 6.45) is 2.99. The number of nitrogens with one attached hydrogen (secondary N) is 1. The van der Waals surface area contributed by atoms with Crippen molar-refractivity contribution in [1.29, 1.82) is 0 Å². The first-order valence-electron chi connectivity index (χ1n) is 6.98. The van der Waals surface area contributed by atoms with Gasteiger partial charge in [0.05, 0.1) is 6.61 Å². The molecular weight excluding hydrogens is 256 g/mol. The minimum Gasteiger partial charge on any atom is -0.494 e. The fourth-order valence-corrected chi connectivity index (χ4v) is 1.86. The first-order valence-corrected chi connectivity index (χ1v) is 6.98. The zero-order chi connectivity index (χ0) is 14.8. The number of nitrogens with two attached hydrogens (primary N) is 1. The van der Waals surface area contributed by atoms with Crippen LogP contribution in [-0.2, 0) is 4.74 Å². The average Bonchev–Trinajstić information content (AvgIpc) is 2.42. The molecule has 0 spiro atoms. The maximum absolute atomic E-state index is 12.0. The summed E-state index contributed by atoms with van der Waals surface area (Å²) >= 11 is 0. The van der Waals surface area contributed by atoms with E-state index in [4.69, 9.17) is 15.2 Å². The molecule has 0 bridgehead atoms.